The largest absolute Gasteiger partial charge is 0.475 e. The van der Waals surface area contributed by atoms with Crippen LogP contribution in [0, 0.1) is 0 Å². The van der Waals surface area contributed by atoms with Gasteiger partial charge in [0.1, 0.15) is 0 Å². The average molecular weight is 270 g/mol. The number of aromatic nitrogens is 1. The van der Waals surface area contributed by atoms with Crippen molar-refractivity contribution in [1.82, 2.24) is 10.3 Å². The normalized spacial score (nSPS) is 16.3. The number of para-hydroxylation sites is 1. The maximum absolute atomic E-state index is 5.90. The summed E-state index contributed by atoms with van der Waals surface area (Å²) >= 11 is 0. The Labute approximate surface area is 120 Å². The van der Waals surface area contributed by atoms with Crippen molar-refractivity contribution >= 4 is 10.9 Å². The average Bonchev–Trinajstić information content (AvgIpc) is 3.28. The molecule has 20 heavy (non-hydrogen) atoms. The Morgan fingerprint density at radius 2 is 2.15 bits per heavy atom. The van der Waals surface area contributed by atoms with E-state index < -0.39 is 0 Å². The molecule has 1 aromatic carbocycles. The first-order valence-corrected chi connectivity index (χ1v) is 7.55. The molecule has 1 aliphatic carbocycles. The minimum atomic E-state index is 0.202. The van der Waals surface area contributed by atoms with Crippen LogP contribution in [0.1, 0.15) is 38.7 Å². The third kappa shape index (κ3) is 3.10. The van der Waals surface area contributed by atoms with Crippen molar-refractivity contribution in [3.05, 3.63) is 35.9 Å². The lowest BCUT2D eigenvalue weighted by Crippen LogP contribution is -2.16. The van der Waals surface area contributed by atoms with Crippen LogP contribution in [0.25, 0.3) is 10.9 Å². The molecular formula is C17H22N2O. The second kappa shape index (κ2) is 5.80. The van der Waals surface area contributed by atoms with Gasteiger partial charge in [-0.1, -0.05) is 25.1 Å². The zero-order valence-corrected chi connectivity index (χ0v) is 12.2. The van der Waals surface area contributed by atoms with Crippen molar-refractivity contribution < 1.29 is 4.74 Å². The van der Waals surface area contributed by atoms with Gasteiger partial charge in [0, 0.05) is 24.0 Å². The molecule has 1 unspecified atom stereocenters. The molecule has 0 radical (unpaired) electrons. The number of hydrogen-bond donors (Lipinski definition) is 1. The topological polar surface area (TPSA) is 34.1 Å². The molecule has 1 fully saturated rings. The van der Waals surface area contributed by atoms with Crippen LogP contribution in [0.5, 0.6) is 5.88 Å². The van der Waals surface area contributed by atoms with E-state index in [4.69, 9.17) is 4.74 Å². The van der Waals surface area contributed by atoms with Gasteiger partial charge in [0.15, 0.2) is 0 Å². The molecule has 106 valence electrons. The van der Waals surface area contributed by atoms with Crippen molar-refractivity contribution in [2.45, 2.75) is 51.8 Å². The van der Waals surface area contributed by atoms with E-state index in [-0.39, 0.29) is 6.10 Å². The molecule has 1 aliphatic rings. The third-order valence-electron chi connectivity index (χ3n) is 3.83. The Kier molecular flexibility index (Phi) is 3.88. The first-order chi connectivity index (χ1) is 9.76. The highest BCUT2D eigenvalue weighted by Gasteiger charge is 2.20. The van der Waals surface area contributed by atoms with Crippen LogP contribution < -0.4 is 10.1 Å². The van der Waals surface area contributed by atoms with E-state index in [9.17, 15) is 0 Å². The number of rotatable bonds is 6. The fraction of sp³-hybridized carbons (Fsp3) is 0.471. The lowest BCUT2D eigenvalue weighted by Gasteiger charge is -2.14. The zero-order chi connectivity index (χ0) is 13.9. The fourth-order valence-electron chi connectivity index (χ4n) is 2.26. The molecule has 3 heteroatoms. The summed E-state index contributed by atoms with van der Waals surface area (Å²) in [7, 11) is 0. The third-order valence-corrected chi connectivity index (χ3v) is 3.83. The molecule has 0 saturated heterocycles. The predicted octanol–water partition coefficient (Wildman–Crippen LogP) is 3.66. The molecular weight excluding hydrogens is 248 g/mol. The molecule has 0 bridgehead atoms. The first-order valence-electron chi connectivity index (χ1n) is 7.55. The standard InChI is InChI=1S/C17H22N2O/c1-3-12(2)20-17-10-13(11-18-14-8-9-14)15-6-4-5-7-16(15)19-17/h4-7,10,12,14,18H,3,8-9,11H2,1-2H3. The second-order valence-corrected chi connectivity index (χ2v) is 5.63. The second-order valence-electron chi connectivity index (χ2n) is 5.63. The molecule has 1 aromatic heterocycles. The molecule has 1 saturated carbocycles. The van der Waals surface area contributed by atoms with Crippen molar-refractivity contribution in [2.24, 2.45) is 0 Å². The van der Waals surface area contributed by atoms with Gasteiger partial charge < -0.3 is 10.1 Å². The molecule has 1 N–H and O–H groups in total. The van der Waals surface area contributed by atoms with E-state index in [1.807, 2.05) is 6.07 Å². The summed E-state index contributed by atoms with van der Waals surface area (Å²) in [4.78, 5) is 4.62. The van der Waals surface area contributed by atoms with Gasteiger partial charge in [-0.3, -0.25) is 0 Å². The SMILES string of the molecule is CCC(C)Oc1cc(CNC2CC2)c2ccccc2n1. The molecule has 2 aromatic rings. The van der Waals surface area contributed by atoms with Crippen LogP contribution in [0.4, 0.5) is 0 Å². The van der Waals surface area contributed by atoms with Gasteiger partial charge in [-0.05, 0) is 37.8 Å². The van der Waals surface area contributed by atoms with Crippen LogP contribution in [-0.2, 0) is 6.54 Å². The fourth-order valence-corrected chi connectivity index (χ4v) is 2.26. The van der Waals surface area contributed by atoms with E-state index in [2.05, 4.69) is 48.4 Å². The molecule has 1 heterocycles. The first kappa shape index (κ1) is 13.4. The predicted molar refractivity (Wildman–Crippen MR) is 82.0 cm³/mol. The smallest absolute Gasteiger partial charge is 0.214 e. The minimum absolute atomic E-state index is 0.202. The zero-order valence-electron chi connectivity index (χ0n) is 12.2. The molecule has 0 aliphatic heterocycles. The van der Waals surface area contributed by atoms with Crippen LogP contribution in [0.3, 0.4) is 0 Å². The Bertz CT molecular complexity index is 593. The summed E-state index contributed by atoms with van der Waals surface area (Å²) in [6.07, 6.45) is 3.80. The van der Waals surface area contributed by atoms with Crippen LogP contribution in [-0.4, -0.2) is 17.1 Å². The molecule has 0 spiro atoms. The number of benzene rings is 1. The Balaban J connectivity index is 1.90. The van der Waals surface area contributed by atoms with E-state index in [1.54, 1.807) is 0 Å². The summed E-state index contributed by atoms with van der Waals surface area (Å²) in [5.41, 5.74) is 2.29. The lowest BCUT2D eigenvalue weighted by molar-refractivity contribution is 0.209. The number of nitrogens with one attached hydrogen (secondary N) is 1. The summed E-state index contributed by atoms with van der Waals surface area (Å²) in [6.45, 7) is 5.10. The number of fused-ring (bicyclic) bond motifs is 1. The quantitative estimate of drug-likeness (QED) is 0.869. The van der Waals surface area contributed by atoms with Gasteiger partial charge in [0.2, 0.25) is 5.88 Å². The summed E-state index contributed by atoms with van der Waals surface area (Å²) in [5.74, 6) is 0.741. The van der Waals surface area contributed by atoms with E-state index in [1.165, 1.54) is 23.8 Å². The number of ether oxygens (including phenoxy) is 1. The molecule has 0 amide bonds. The van der Waals surface area contributed by atoms with Gasteiger partial charge in [0.25, 0.3) is 0 Å². The van der Waals surface area contributed by atoms with Gasteiger partial charge in [-0.15, -0.1) is 0 Å². The van der Waals surface area contributed by atoms with Gasteiger partial charge in [0.05, 0.1) is 11.6 Å². The van der Waals surface area contributed by atoms with Gasteiger partial charge in [-0.25, -0.2) is 4.98 Å². The minimum Gasteiger partial charge on any atom is -0.475 e. The van der Waals surface area contributed by atoms with Crippen LogP contribution in [0.2, 0.25) is 0 Å². The van der Waals surface area contributed by atoms with Crippen molar-refractivity contribution in [3.63, 3.8) is 0 Å². The van der Waals surface area contributed by atoms with Gasteiger partial charge >= 0.3 is 0 Å². The van der Waals surface area contributed by atoms with Crippen molar-refractivity contribution in [3.8, 4) is 5.88 Å². The molecule has 3 nitrogen and oxygen atoms in total. The highest BCUT2D eigenvalue weighted by molar-refractivity contribution is 5.82. The maximum atomic E-state index is 5.90. The van der Waals surface area contributed by atoms with E-state index >= 15 is 0 Å². The summed E-state index contributed by atoms with van der Waals surface area (Å²) in [6, 6.07) is 11.1. The number of hydrogen-bond acceptors (Lipinski definition) is 3. The number of pyridine rings is 1. The van der Waals surface area contributed by atoms with E-state index in [0.29, 0.717) is 6.04 Å². The van der Waals surface area contributed by atoms with Gasteiger partial charge in [-0.2, -0.15) is 0 Å². The van der Waals surface area contributed by atoms with Crippen molar-refractivity contribution in [2.75, 3.05) is 0 Å². The molecule has 1 atom stereocenters. The Morgan fingerprint density at radius 1 is 1.35 bits per heavy atom. The maximum Gasteiger partial charge on any atom is 0.214 e. The summed E-state index contributed by atoms with van der Waals surface area (Å²) in [5, 5.41) is 4.80. The monoisotopic (exact) mass is 270 g/mol. The highest BCUT2D eigenvalue weighted by Crippen LogP contribution is 2.25. The van der Waals surface area contributed by atoms with E-state index in [0.717, 1.165) is 24.4 Å². The van der Waals surface area contributed by atoms with Crippen molar-refractivity contribution in [1.29, 1.82) is 0 Å². The lowest BCUT2D eigenvalue weighted by atomic mass is 10.1. The Morgan fingerprint density at radius 3 is 2.90 bits per heavy atom. The molecule has 3 rings (SSSR count). The summed E-state index contributed by atoms with van der Waals surface area (Å²) < 4.78 is 5.90. The number of nitrogens with zero attached hydrogens (tertiary/aromatic N) is 1. The van der Waals surface area contributed by atoms with Crippen LogP contribution >= 0.6 is 0 Å². The highest BCUT2D eigenvalue weighted by atomic mass is 16.5. The Hall–Kier alpha value is -1.61. The van der Waals surface area contributed by atoms with Crippen LogP contribution in [0.15, 0.2) is 30.3 Å².